The van der Waals surface area contributed by atoms with Crippen molar-refractivity contribution in [3.63, 3.8) is 0 Å². The quantitative estimate of drug-likeness (QED) is 0.690. The Balaban J connectivity index is 2.19. The molecule has 100 valence electrons. The van der Waals surface area contributed by atoms with Crippen molar-refractivity contribution in [2.75, 3.05) is 24.7 Å². The van der Waals surface area contributed by atoms with Crippen molar-refractivity contribution < 1.29 is 4.79 Å². The molecule has 2 rings (SSSR count). The van der Waals surface area contributed by atoms with E-state index in [0.29, 0.717) is 11.3 Å². The lowest BCUT2D eigenvalue weighted by Gasteiger charge is -2.04. The summed E-state index contributed by atoms with van der Waals surface area (Å²) in [6, 6.07) is 5.40. The number of nitrogens with zero attached hydrogens (tertiary/aromatic N) is 3. The summed E-state index contributed by atoms with van der Waals surface area (Å²) in [4.78, 5) is 14.2. The first-order valence-electron chi connectivity index (χ1n) is 5.56. The minimum Gasteiger partial charge on any atom is -0.398 e. The fraction of sp³-hybridized carbons (Fsp3) is 0.250. The maximum absolute atomic E-state index is 11.3. The van der Waals surface area contributed by atoms with Crippen molar-refractivity contribution >= 4 is 39.7 Å². The van der Waals surface area contributed by atoms with Crippen molar-refractivity contribution in [2.24, 2.45) is 0 Å². The highest BCUT2D eigenvalue weighted by atomic mass is 32.2. The van der Waals surface area contributed by atoms with Crippen LogP contribution in [0.1, 0.15) is 17.3 Å². The smallest absolute Gasteiger partial charge is 0.208 e. The molecule has 1 aromatic heterocycles. The maximum Gasteiger partial charge on any atom is 0.208 e. The van der Waals surface area contributed by atoms with Crippen LogP contribution in [-0.2, 0) is 0 Å². The third-order valence-corrected chi connectivity index (χ3v) is 4.52. The van der Waals surface area contributed by atoms with Gasteiger partial charge in [0.2, 0.25) is 5.13 Å². The highest BCUT2D eigenvalue weighted by Crippen LogP contribution is 2.34. The predicted octanol–water partition coefficient (Wildman–Crippen LogP) is 2.54. The molecule has 7 heteroatoms. The van der Waals surface area contributed by atoms with Crippen LogP contribution >= 0.6 is 23.1 Å². The van der Waals surface area contributed by atoms with Gasteiger partial charge in [0.15, 0.2) is 10.1 Å². The lowest BCUT2D eigenvalue weighted by atomic mass is 10.1. The number of nitrogen functional groups attached to an aromatic ring is 1. The van der Waals surface area contributed by atoms with E-state index in [1.165, 1.54) is 30.0 Å². The van der Waals surface area contributed by atoms with Gasteiger partial charge in [-0.05, 0) is 25.1 Å². The molecule has 0 saturated heterocycles. The number of nitrogens with two attached hydrogens (primary N) is 1. The summed E-state index contributed by atoms with van der Waals surface area (Å²) in [6.45, 7) is 1.51. The van der Waals surface area contributed by atoms with Crippen LogP contribution in [0.15, 0.2) is 27.4 Å². The summed E-state index contributed by atoms with van der Waals surface area (Å²) in [5.74, 6) is -0.0279. The highest BCUT2D eigenvalue weighted by molar-refractivity contribution is 8.01. The molecule has 1 aromatic carbocycles. The van der Waals surface area contributed by atoms with Crippen molar-refractivity contribution in [2.45, 2.75) is 16.2 Å². The second kappa shape index (κ2) is 5.58. The van der Waals surface area contributed by atoms with Gasteiger partial charge in [-0.3, -0.25) is 4.79 Å². The zero-order valence-electron chi connectivity index (χ0n) is 10.9. The normalized spacial score (nSPS) is 10.5. The molecule has 0 bridgehead atoms. The number of carbonyl (C=O) groups excluding carboxylic acids is 1. The van der Waals surface area contributed by atoms with E-state index in [4.69, 9.17) is 5.73 Å². The summed E-state index contributed by atoms with van der Waals surface area (Å²) < 4.78 is 0.846. The molecule has 0 fully saturated rings. The molecule has 2 N–H and O–H groups in total. The van der Waals surface area contributed by atoms with E-state index in [9.17, 15) is 4.79 Å². The molecule has 0 radical (unpaired) electrons. The van der Waals surface area contributed by atoms with Gasteiger partial charge in [0.1, 0.15) is 0 Å². The van der Waals surface area contributed by atoms with Crippen LogP contribution in [0, 0.1) is 0 Å². The minimum atomic E-state index is -0.0279. The Kier molecular flexibility index (Phi) is 4.06. The number of anilines is 2. The van der Waals surface area contributed by atoms with Gasteiger partial charge in [0, 0.05) is 30.2 Å². The fourth-order valence-electron chi connectivity index (χ4n) is 1.45. The van der Waals surface area contributed by atoms with E-state index in [1.54, 1.807) is 12.1 Å². The second-order valence-electron chi connectivity index (χ2n) is 4.15. The lowest BCUT2D eigenvalue weighted by molar-refractivity contribution is 0.101. The first-order chi connectivity index (χ1) is 8.97. The predicted molar refractivity (Wildman–Crippen MR) is 79.2 cm³/mol. The molecule has 0 unspecified atom stereocenters. The molecule has 0 saturated carbocycles. The minimum absolute atomic E-state index is 0.0279. The van der Waals surface area contributed by atoms with E-state index < -0.39 is 0 Å². The van der Waals surface area contributed by atoms with Crippen LogP contribution < -0.4 is 10.6 Å². The number of hydrogen-bond acceptors (Lipinski definition) is 7. The third-order valence-electron chi connectivity index (χ3n) is 2.39. The van der Waals surface area contributed by atoms with Crippen molar-refractivity contribution in [1.29, 1.82) is 0 Å². The monoisotopic (exact) mass is 294 g/mol. The maximum atomic E-state index is 11.3. The van der Waals surface area contributed by atoms with E-state index >= 15 is 0 Å². The van der Waals surface area contributed by atoms with Gasteiger partial charge in [-0.1, -0.05) is 23.1 Å². The van der Waals surface area contributed by atoms with Crippen molar-refractivity contribution in [3.8, 4) is 0 Å². The van der Waals surface area contributed by atoms with E-state index in [2.05, 4.69) is 10.2 Å². The number of hydrogen-bond donors (Lipinski definition) is 1. The Hall–Kier alpha value is -1.60. The molecule has 0 aliphatic carbocycles. The summed E-state index contributed by atoms with van der Waals surface area (Å²) in [6.07, 6.45) is 0. The van der Waals surface area contributed by atoms with Crippen LogP contribution in [0.25, 0.3) is 0 Å². The van der Waals surface area contributed by atoms with Gasteiger partial charge < -0.3 is 10.6 Å². The van der Waals surface area contributed by atoms with Gasteiger partial charge in [-0.2, -0.15) is 0 Å². The molecule has 0 aliphatic rings. The number of Topliss-reactive ketones (excluding diaryl/α,β-unsaturated/α-hetero) is 1. The summed E-state index contributed by atoms with van der Waals surface area (Å²) in [5.41, 5.74) is 6.90. The van der Waals surface area contributed by atoms with E-state index in [1.807, 2.05) is 25.1 Å². The van der Waals surface area contributed by atoms with Crippen LogP contribution in [0.5, 0.6) is 0 Å². The summed E-state index contributed by atoms with van der Waals surface area (Å²) >= 11 is 3.00. The molecule has 0 spiro atoms. The Bertz CT molecular complexity index is 610. The van der Waals surface area contributed by atoms with E-state index in [-0.39, 0.29) is 5.78 Å². The largest absolute Gasteiger partial charge is 0.398 e. The topological polar surface area (TPSA) is 72.1 Å². The number of ketones is 1. The van der Waals surface area contributed by atoms with Crippen LogP contribution in [0.4, 0.5) is 10.8 Å². The molecule has 19 heavy (non-hydrogen) atoms. The molecular weight excluding hydrogens is 280 g/mol. The number of carbonyl (C=O) groups is 1. The van der Waals surface area contributed by atoms with Crippen molar-refractivity contribution in [3.05, 3.63) is 23.8 Å². The summed E-state index contributed by atoms with van der Waals surface area (Å²) in [7, 11) is 3.85. The van der Waals surface area contributed by atoms with Gasteiger partial charge in [-0.15, -0.1) is 10.2 Å². The molecular formula is C12H14N4OS2. The van der Waals surface area contributed by atoms with Crippen LogP contribution in [0.2, 0.25) is 0 Å². The number of aromatic nitrogens is 2. The Morgan fingerprint density at radius 2 is 2.11 bits per heavy atom. The number of benzene rings is 1. The highest BCUT2D eigenvalue weighted by Gasteiger charge is 2.10. The first kappa shape index (κ1) is 13.8. The number of rotatable bonds is 4. The van der Waals surface area contributed by atoms with Crippen LogP contribution in [0.3, 0.4) is 0 Å². The van der Waals surface area contributed by atoms with Gasteiger partial charge >= 0.3 is 0 Å². The van der Waals surface area contributed by atoms with Gasteiger partial charge in [-0.25, -0.2) is 0 Å². The molecule has 1 heterocycles. The Morgan fingerprint density at radius 3 is 2.63 bits per heavy atom. The standard InChI is InChI=1S/C12H14N4OS2/c1-7(17)9-5-4-8(6-10(9)13)18-12-15-14-11(19-12)16(2)3/h4-6H,13H2,1-3H3. The van der Waals surface area contributed by atoms with Gasteiger partial charge in [0.05, 0.1) is 0 Å². The molecule has 0 amide bonds. The molecule has 0 atom stereocenters. The molecule has 0 aliphatic heterocycles. The molecule has 2 aromatic rings. The average Bonchev–Trinajstić information content (AvgIpc) is 2.77. The zero-order valence-corrected chi connectivity index (χ0v) is 12.5. The fourth-order valence-corrected chi connectivity index (χ4v) is 3.24. The second-order valence-corrected chi connectivity index (χ2v) is 6.43. The van der Waals surface area contributed by atoms with Crippen molar-refractivity contribution in [1.82, 2.24) is 10.2 Å². The Labute approximate surface area is 119 Å². The first-order valence-corrected chi connectivity index (χ1v) is 7.20. The van der Waals surface area contributed by atoms with Gasteiger partial charge in [0.25, 0.3) is 0 Å². The lowest BCUT2D eigenvalue weighted by Crippen LogP contribution is -2.07. The molecule has 5 nitrogen and oxygen atoms in total. The van der Waals surface area contributed by atoms with Crippen LogP contribution in [-0.4, -0.2) is 30.1 Å². The SMILES string of the molecule is CC(=O)c1ccc(Sc2nnc(N(C)C)s2)cc1N. The Morgan fingerprint density at radius 1 is 1.37 bits per heavy atom. The zero-order chi connectivity index (χ0) is 14.0. The van der Waals surface area contributed by atoms with E-state index in [0.717, 1.165) is 14.4 Å². The summed E-state index contributed by atoms with van der Waals surface area (Å²) in [5, 5.41) is 9.03. The average molecular weight is 294 g/mol. The third kappa shape index (κ3) is 3.24.